The summed E-state index contributed by atoms with van der Waals surface area (Å²) in [6, 6.07) is 3.18. The molecule has 2 heterocycles. The molecule has 0 spiro atoms. The average molecular weight is 368 g/mol. The van der Waals surface area contributed by atoms with Gasteiger partial charge in [0.05, 0.1) is 29.4 Å². The molecule has 1 aromatic carbocycles. The maximum atomic E-state index is 13.2. The smallest absolute Gasteiger partial charge is 0.416 e. The van der Waals surface area contributed by atoms with Gasteiger partial charge in [-0.1, -0.05) is 12.1 Å². The zero-order valence-electron chi connectivity index (χ0n) is 14.7. The largest absolute Gasteiger partial charge is 0.490 e. The summed E-state index contributed by atoms with van der Waals surface area (Å²) < 4.78 is 49.8. The van der Waals surface area contributed by atoms with E-state index in [1.54, 1.807) is 13.8 Å². The summed E-state index contributed by atoms with van der Waals surface area (Å²) in [5.74, 6) is -0.0149. The van der Waals surface area contributed by atoms with Gasteiger partial charge in [0.25, 0.3) is 0 Å². The van der Waals surface area contributed by atoms with E-state index in [0.29, 0.717) is 23.4 Å². The molecule has 1 amide bonds. The summed E-state index contributed by atoms with van der Waals surface area (Å²) in [7, 11) is 0. The quantitative estimate of drug-likeness (QED) is 0.814. The summed E-state index contributed by atoms with van der Waals surface area (Å²) in [5.41, 5.74) is 0.629. The lowest BCUT2D eigenvalue weighted by Crippen LogP contribution is -2.41. The van der Waals surface area contributed by atoms with Gasteiger partial charge in [0, 0.05) is 5.56 Å². The van der Waals surface area contributed by atoms with Crippen molar-refractivity contribution in [3.63, 3.8) is 0 Å². The Labute approximate surface area is 148 Å². The van der Waals surface area contributed by atoms with Crippen molar-refractivity contribution in [2.24, 2.45) is 0 Å². The molecule has 1 aliphatic heterocycles. The SMILES string of the molecule is CCC(C(=O)N1CCOc2ccc(C(F)(F)F)cc21)c1c(C)noc1C. The van der Waals surface area contributed by atoms with Crippen molar-refractivity contribution >= 4 is 11.6 Å². The number of carbonyl (C=O) groups is 1. The summed E-state index contributed by atoms with van der Waals surface area (Å²) in [6.45, 7) is 5.73. The number of hydrogen-bond donors (Lipinski definition) is 0. The van der Waals surface area contributed by atoms with Crippen molar-refractivity contribution in [2.45, 2.75) is 39.3 Å². The molecule has 1 unspecified atom stereocenters. The Morgan fingerprint density at radius 3 is 2.65 bits per heavy atom. The van der Waals surface area contributed by atoms with Gasteiger partial charge >= 0.3 is 6.18 Å². The summed E-state index contributed by atoms with van der Waals surface area (Å²) in [6.07, 6.45) is -4.01. The number of amides is 1. The highest BCUT2D eigenvalue weighted by atomic mass is 19.4. The van der Waals surface area contributed by atoms with Gasteiger partial charge in [0.15, 0.2) is 0 Å². The van der Waals surface area contributed by atoms with E-state index in [-0.39, 0.29) is 30.5 Å². The second kappa shape index (κ2) is 6.66. The molecule has 0 N–H and O–H groups in total. The minimum atomic E-state index is -4.49. The predicted molar refractivity (Wildman–Crippen MR) is 88.3 cm³/mol. The molecule has 2 aromatic rings. The van der Waals surface area contributed by atoms with Crippen LogP contribution in [-0.2, 0) is 11.0 Å². The van der Waals surface area contributed by atoms with Crippen LogP contribution in [0, 0.1) is 13.8 Å². The van der Waals surface area contributed by atoms with E-state index in [0.717, 1.165) is 12.1 Å². The molecule has 0 bridgehead atoms. The normalized spacial score (nSPS) is 15.4. The number of ether oxygens (including phenoxy) is 1. The Morgan fingerprint density at radius 2 is 2.08 bits per heavy atom. The maximum absolute atomic E-state index is 13.2. The fourth-order valence-corrected chi connectivity index (χ4v) is 3.30. The highest BCUT2D eigenvalue weighted by molar-refractivity contribution is 6.00. The maximum Gasteiger partial charge on any atom is 0.416 e. The first kappa shape index (κ1) is 18.3. The third kappa shape index (κ3) is 3.15. The Kier molecular flexibility index (Phi) is 4.68. The summed E-state index contributed by atoms with van der Waals surface area (Å²) in [4.78, 5) is 14.5. The van der Waals surface area contributed by atoms with E-state index < -0.39 is 17.7 Å². The van der Waals surface area contributed by atoms with Crippen molar-refractivity contribution < 1.29 is 27.2 Å². The third-order valence-electron chi connectivity index (χ3n) is 4.56. The number of hydrogen-bond acceptors (Lipinski definition) is 4. The van der Waals surface area contributed by atoms with Crippen molar-refractivity contribution in [2.75, 3.05) is 18.1 Å². The van der Waals surface area contributed by atoms with Crippen molar-refractivity contribution in [3.05, 3.63) is 40.8 Å². The Balaban J connectivity index is 2.01. The molecule has 0 radical (unpaired) electrons. The molecule has 5 nitrogen and oxygen atoms in total. The Bertz CT molecular complexity index is 810. The van der Waals surface area contributed by atoms with Crippen molar-refractivity contribution in [3.8, 4) is 5.75 Å². The van der Waals surface area contributed by atoms with Gasteiger partial charge in [-0.3, -0.25) is 4.79 Å². The van der Waals surface area contributed by atoms with Crippen molar-refractivity contribution in [1.29, 1.82) is 0 Å². The van der Waals surface area contributed by atoms with E-state index in [1.165, 1.54) is 11.0 Å². The van der Waals surface area contributed by atoms with Crippen LogP contribution < -0.4 is 9.64 Å². The highest BCUT2D eigenvalue weighted by Gasteiger charge is 2.36. The van der Waals surface area contributed by atoms with Crippen LogP contribution in [0.4, 0.5) is 18.9 Å². The van der Waals surface area contributed by atoms with Crippen LogP contribution in [0.15, 0.2) is 22.7 Å². The van der Waals surface area contributed by atoms with Gasteiger partial charge in [-0.05, 0) is 38.5 Å². The van der Waals surface area contributed by atoms with Crippen LogP contribution in [0.2, 0.25) is 0 Å². The van der Waals surface area contributed by atoms with Crippen LogP contribution in [0.1, 0.15) is 41.8 Å². The van der Waals surface area contributed by atoms with Crippen LogP contribution in [0.25, 0.3) is 0 Å². The lowest BCUT2D eigenvalue weighted by atomic mass is 9.93. The van der Waals surface area contributed by atoms with E-state index in [9.17, 15) is 18.0 Å². The average Bonchev–Trinajstić information content (AvgIpc) is 2.93. The lowest BCUT2D eigenvalue weighted by molar-refractivity contribution is -0.137. The molecule has 1 atom stereocenters. The summed E-state index contributed by atoms with van der Waals surface area (Å²) in [5, 5.41) is 3.88. The van der Waals surface area contributed by atoms with Crippen LogP contribution in [-0.4, -0.2) is 24.2 Å². The first-order chi connectivity index (χ1) is 12.2. The molecule has 1 aliphatic rings. The molecule has 1 aromatic heterocycles. The van der Waals surface area contributed by atoms with Crippen molar-refractivity contribution in [1.82, 2.24) is 5.16 Å². The lowest BCUT2D eigenvalue weighted by Gasteiger charge is -2.32. The number of carbonyl (C=O) groups excluding carboxylic acids is 1. The first-order valence-corrected chi connectivity index (χ1v) is 8.32. The minimum absolute atomic E-state index is 0.140. The molecule has 26 heavy (non-hydrogen) atoms. The minimum Gasteiger partial charge on any atom is -0.490 e. The number of nitrogens with zero attached hydrogens (tertiary/aromatic N) is 2. The van der Waals surface area contributed by atoms with Gasteiger partial charge < -0.3 is 14.2 Å². The number of halogens is 3. The number of anilines is 1. The molecule has 3 rings (SSSR count). The molecule has 0 fully saturated rings. The molecular weight excluding hydrogens is 349 g/mol. The van der Waals surface area contributed by atoms with E-state index in [2.05, 4.69) is 5.16 Å². The Morgan fingerprint density at radius 1 is 1.35 bits per heavy atom. The second-order valence-corrected chi connectivity index (χ2v) is 6.22. The molecule has 0 saturated heterocycles. The molecular formula is C18H19F3N2O3. The number of benzene rings is 1. The van der Waals surface area contributed by atoms with Crippen LogP contribution >= 0.6 is 0 Å². The zero-order valence-corrected chi connectivity index (χ0v) is 14.7. The van der Waals surface area contributed by atoms with Gasteiger partial charge in [0.2, 0.25) is 5.91 Å². The van der Waals surface area contributed by atoms with E-state index >= 15 is 0 Å². The van der Waals surface area contributed by atoms with Crippen LogP contribution in [0.3, 0.4) is 0 Å². The monoisotopic (exact) mass is 368 g/mol. The number of aromatic nitrogens is 1. The van der Waals surface area contributed by atoms with Gasteiger partial charge in [0.1, 0.15) is 18.1 Å². The molecule has 8 heteroatoms. The second-order valence-electron chi connectivity index (χ2n) is 6.22. The van der Waals surface area contributed by atoms with Crippen LogP contribution in [0.5, 0.6) is 5.75 Å². The zero-order chi connectivity index (χ0) is 19.1. The number of alkyl halides is 3. The standard InChI is InChI=1S/C18H19F3N2O3/c1-4-13(16-10(2)22-26-11(16)3)17(24)23-7-8-25-15-6-5-12(9-14(15)23)18(19,20)21/h5-6,9,13H,4,7-8H2,1-3H3. The Hall–Kier alpha value is -2.51. The van der Waals surface area contributed by atoms with Gasteiger partial charge in [-0.25, -0.2) is 0 Å². The van der Waals surface area contributed by atoms with E-state index in [1.807, 2.05) is 6.92 Å². The fraction of sp³-hybridized carbons (Fsp3) is 0.444. The fourth-order valence-electron chi connectivity index (χ4n) is 3.30. The number of aryl methyl sites for hydroxylation is 2. The summed E-state index contributed by atoms with van der Waals surface area (Å²) >= 11 is 0. The molecule has 140 valence electrons. The van der Waals surface area contributed by atoms with Gasteiger partial charge in [-0.15, -0.1) is 0 Å². The topological polar surface area (TPSA) is 55.6 Å². The first-order valence-electron chi connectivity index (χ1n) is 8.32. The third-order valence-corrected chi connectivity index (χ3v) is 4.56. The molecule has 0 saturated carbocycles. The molecule has 0 aliphatic carbocycles. The van der Waals surface area contributed by atoms with E-state index in [4.69, 9.17) is 9.26 Å². The number of fused-ring (bicyclic) bond motifs is 1. The van der Waals surface area contributed by atoms with Gasteiger partial charge in [-0.2, -0.15) is 13.2 Å². The number of rotatable bonds is 3. The highest BCUT2D eigenvalue weighted by Crippen LogP contribution is 2.40. The predicted octanol–water partition coefficient (Wildman–Crippen LogP) is 4.23.